The fourth-order valence-corrected chi connectivity index (χ4v) is 3.43. The zero-order valence-electron chi connectivity index (χ0n) is 14.7. The van der Waals surface area contributed by atoms with Gasteiger partial charge in [0.1, 0.15) is 0 Å². The molecule has 2 heterocycles. The number of nitrogens with zero attached hydrogens (tertiary/aromatic N) is 1. The van der Waals surface area contributed by atoms with E-state index >= 15 is 0 Å². The van der Waals surface area contributed by atoms with Gasteiger partial charge in [0.05, 0.1) is 13.2 Å². The van der Waals surface area contributed by atoms with Crippen LogP contribution in [0.25, 0.3) is 0 Å². The number of hydrogen-bond donors (Lipinski definition) is 1. The maximum atomic E-state index is 12.3. The number of carbonyl (C=O) groups excluding carboxylic acids is 2. The van der Waals surface area contributed by atoms with Gasteiger partial charge in [-0.3, -0.25) is 9.59 Å². The molecule has 0 bridgehead atoms. The van der Waals surface area contributed by atoms with Gasteiger partial charge in [-0.25, -0.2) is 0 Å². The van der Waals surface area contributed by atoms with Crippen LogP contribution in [-0.2, 0) is 14.3 Å². The molecule has 6 nitrogen and oxygen atoms in total. The Labute approximate surface area is 148 Å². The third kappa shape index (κ3) is 4.58. The van der Waals surface area contributed by atoms with E-state index in [9.17, 15) is 9.59 Å². The Hall–Kier alpha value is -1.92. The van der Waals surface area contributed by atoms with E-state index in [0.717, 1.165) is 31.5 Å². The highest BCUT2D eigenvalue weighted by molar-refractivity contribution is 5.95. The Morgan fingerprint density at radius 2 is 1.84 bits per heavy atom. The molecule has 0 saturated carbocycles. The van der Waals surface area contributed by atoms with Crippen molar-refractivity contribution < 1.29 is 19.1 Å². The normalized spacial score (nSPS) is 19.2. The van der Waals surface area contributed by atoms with Crippen LogP contribution >= 0.6 is 0 Å². The number of carbonyl (C=O) groups is 2. The Morgan fingerprint density at radius 3 is 2.52 bits per heavy atom. The second-order valence-corrected chi connectivity index (χ2v) is 6.65. The number of aryl methyl sites for hydroxylation is 1. The summed E-state index contributed by atoms with van der Waals surface area (Å²) in [6.45, 7) is 5.08. The van der Waals surface area contributed by atoms with E-state index in [-0.39, 0.29) is 18.1 Å². The molecular formula is C19H26N2O4. The van der Waals surface area contributed by atoms with Crippen molar-refractivity contribution in [2.24, 2.45) is 5.92 Å². The molecule has 136 valence electrons. The summed E-state index contributed by atoms with van der Waals surface area (Å²) in [6, 6.07) is 7.45. The highest BCUT2D eigenvalue weighted by Crippen LogP contribution is 2.25. The molecule has 2 aliphatic rings. The molecule has 1 aromatic rings. The standard InChI is InChI=1S/C19H26N2O4/c1-14-4-2-3-5-16(14)18(23)20-9-6-17(22)21-10-7-15(8-11-21)19-24-12-13-25-19/h2-5,15,19H,6-13H2,1H3,(H,20,23). The quantitative estimate of drug-likeness (QED) is 0.882. The predicted octanol–water partition coefficient (Wildman–Crippen LogP) is 1.73. The number of nitrogens with one attached hydrogen (secondary N) is 1. The molecule has 2 amide bonds. The molecule has 0 radical (unpaired) electrons. The van der Waals surface area contributed by atoms with Crippen molar-refractivity contribution in [3.63, 3.8) is 0 Å². The maximum absolute atomic E-state index is 12.3. The van der Waals surface area contributed by atoms with E-state index in [2.05, 4.69) is 5.32 Å². The van der Waals surface area contributed by atoms with Crippen molar-refractivity contribution in [2.45, 2.75) is 32.5 Å². The predicted molar refractivity (Wildman–Crippen MR) is 93.1 cm³/mol. The number of benzene rings is 1. The van der Waals surface area contributed by atoms with Crippen molar-refractivity contribution in [3.05, 3.63) is 35.4 Å². The lowest BCUT2D eigenvalue weighted by Crippen LogP contribution is -2.42. The first kappa shape index (κ1) is 17.9. The number of hydrogen-bond acceptors (Lipinski definition) is 4. The second kappa shape index (κ2) is 8.45. The molecule has 0 atom stereocenters. The van der Waals surface area contributed by atoms with Gasteiger partial charge in [0.25, 0.3) is 5.91 Å². The zero-order chi connectivity index (χ0) is 17.6. The fraction of sp³-hybridized carbons (Fsp3) is 0.579. The molecule has 25 heavy (non-hydrogen) atoms. The van der Waals surface area contributed by atoms with Crippen molar-refractivity contribution in [3.8, 4) is 0 Å². The summed E-state index contributed by atoms with van der Waals surface area (Å²) in [5, 5.41) is 2.84. The molecule has 3 rings (SSSR count). The molecule has 2 aliphatic heterocycles. The summed E-state index contributed by atoms with van der Waals surface area (Å²) in [4.78, 5) is 26.4. The van der Waals surface area contributed by atoms with E-state index in [1.54, 1.807) is 6.07 Å². The summed E-state index contributed by atoms with van der Waals surface area (Å²) in [7, 11) is 0. The highest BCUT2D eigenvalue weighted by atomic mass is 16.7. The van der Waals surface area contributed by atoms with Crippen LogP contribution < -0.4 is 5.32 Å². The molecule has 0 unspecified atom stereocenters. The minimum atomic E-state index is -0.125. The van der Waals surface area contributed by atoms with Crippen LogP contribution in [0.3, 0.4) is 0 Å². The first-order valence-electron chi connectivity index (χ1n) is 9.00. The van der Waals surface area contributed by atoms with Crippen molar-refractivity contribution in [1.29, 1.82) is 0 Å². The molecule has 0 aromatic heterocycles. The summed E-state index contributed by atoms with van der Waals surface area (Å²) in [5.41, 5.74) is 1.59. The summed E-state index contributed by atoms with van der Waals surface area (Å²) < 4.78 is 11.1. The molecule has 0 spiro atoms. The molecule has 1 aromatic carbocycles. The molecule has 2 saturated heterocycles. The maximum Gasteiger partial charge on any atom is 0.251 e. The average Bonchev–Trinajstić information content (AvgIpc) is 3.16. The van der Waals surface area contributed by atoms with Gasteiger partial charge in [0.15, 0.2) is 6.29 Å². The van der Waals surface area contributed by atoms with Gasteiger partial charge < -0.3 is 19.7 Å². The lowest BCUT2D eigenvalue weighted by atomic mass is 9.96. The van der Waals surface area contributed by atoms with Gasteiger partial charge >= 0.3 is 0 Å². The van der Waals surface area contributed by atoms with E-state index in [4.69, 9.17) is 9.47 Å². The second-order valence-electron chi connectivity index (χ2n) is 6.65. The summed E-state index contributed by atoms with van der Waals surface area (Å²) in [5.74, 6) is 0.351. The van der Waals surface area contributed by atoms with Gasteiger partial charge in [-0.05, 0) is 31.4 Å². The molecule has 0 aliphatic carbocycles. The van der Waals surface area contributed by atoms with Crippen molar-refractivity contribution >= 4 is 11.8 Å². The fourth-order valence-electron chi connectivity index (χ4n) is 3.43. The topological polar surface area (TPSA) is 67.9 Å². The van der Waals surface area contributed by atoms with Crippen LogP contribution in [0.1, 0.15) is 35.2 Å². The van der Waals surface area contributed by atoms with Crippen LogP contribution in [-0.4, -0.2) is 55.9 Å². The number of likely N-dealkylation sites (tertiary alicyclic amines) is 1. The molecule has 2 fully saturated rings. The third-order valence-corrected chi connectivity index (χ3v) is 4.94. The number of amides is 2. The number of piperidine rings is 1. The largest absolute Gasteiger partial charge is 0.352 e. The van der Waals surface area contributed by atoms with E-state index in [1.807, 2.05) is 30.0 Å². The van der Waals surface area contributed by atoms with E-state index < -0.39 is 0 Å². The Bertz CT molecular complexity index is 605. The van der Waals surface area contributed by atoms with E-state index in [1.165, 1.54) is 0 Å². The van der Waals surface area contributed by atoms with Crippen LogP contribution in [0, 0.1) is 12.8 Å². The molecule has 1 N–H and O–H groups in total. The lowest BCUT2D eigenvalue weighted by Gasteiger charge is -2.34. The van der Waals surface area contributed by atoms with Gasteiger partial charge in [-0.1, -0.05) is 18.2 Å². The lowest BCUT2D eigenvalue weighted by molar-refractivity contribution is -0.136. The first-order chi connectivity index (χ1) is 12.1. The highest BCUT2D eigenvalue weighted by Gasteiger charge is 2.31. The van der Waals surface area contributed by atoms with Gasteiger partial charge in [0.2, 0.25) is 5.91 Å². The summed E-state index contributed by atoms with van der Waals surface area (Å²) in [6.07, 6.45) is 2.06. The molecular weight excluding hydrogens is 320 g/mol. The van der Waals surface area contributed by atoms with Crippen LogP contribution in [0.15, 0.2) is 24.3 Å². The number of rotatable bonds is 5. The van der Waals surface area contributed by atoms with Crippen LogP contribution in [0.5, 0.6) is 0 Å². The smallest absolute Gasteiger partial charge is 0.251 e. The van der Waals surface area contributed by atoms with Crippen molar-refractivity contribution in [1.82, 2.24) is 10.2 Å². The third-order valence-electron chi connectivity index (χ3n) is 4.94. The summed E-state index contributed by atoms with van der Waals surface area (Å²) >= 11 is 0. The van der Waals surface area contributed by atoms with Crippen LogP contribution in [0.4, 0.5) is 0 Å². The first-order valence-corrected chi connectivity index (χ1v) is 9.00. The van der Waals surface area contributed by atoms with Gasteiger partial charge in [-0.15, -0.1) is 0 Å². The zero-order valence-corrected chi connectivity index (χ0v) is 14.7. The Kier molecular flexibility index (Phi) is 6.04. The number of ether oxygens (including phenoxy) is 2. The minimum Gasteiger partial charge on any atom is -0.352 e. The van der Waals surface area contributed by atoms with Gasteiger partial charge in [0, 0.05) is 37.5 Å². The van der Waals surface area contributed by atoms with E-state index in [0.29, 0.717) is 37.7 Å². The SMILES string of the molecule is Cc1ccccc1C(=O)NCCC(=O)N1CCC(C2OCCO2)CC1. The average molecular weight is 346 g/mol. The van der Waals surface area contributed by atoms with Crippen molar-refractivity contribution in [2.75, 3.05) is 32.8 Å². The Balaban J connectivity index is 1.38. The Morgan fingerprint density at radius 1 is 1.16 bits per heavy atom. The van der Waals surface area contributed by atoms with Crippen LogP contribution in [0.2, 0.25) is 0 Å². The molecule has 6 heteroatoms. The minimum absolute atomic E-state index is 0.0920. The monoisotopic (exact) mass is 346 g/mol. The van der Waals surface area contributed by atoms with Gasteiger partial charge in [-0.2, -0.15) is 0 Å².